The summed E-state index contributed by atoms with van der Waals surface area (Å²) in [6.45, 7) is 5.44. The zero-order chi connectivity index (χ0) is 15.9. The Kier molecular flexibility index (Phi) is 2.85. The van der Waals surface area contributed by atoms with Crippen molar-refractivity contribution >= 4 is 5.97 Å². The Bertz CT molecular complexity index is 547. The quantitative estimate of drug-likeness (QED) is 0.680. The molecular weight excluding hydrogens is 300 g/mol. The fourth-order valence-electron chi connectivity index (χ4n) is 5.77. The van der Waals surface area contributed by atoms with Crippen LogP contribution < -0.4 is 0 Å². The van der Waals surface area contributed by atoms with Crippen molar-refractivity contribution in [1.82, 2.24) is 0 Å². The van der Waals surface area contributed by atoms with Gasteiger partial charge in [0.1, 0.15) is 6.10 Å². The Morgan fingerprint density at radius 1 is 1.00 bits per heavy atom. The number of hydrogen-bond acceptors (Lipinski definition) is 6. The van der Waals surface area contributed by atoms with Gasteiger partial charge >= 0.3 is 5.97 Å². The molecule has 5 fully saturated rings. The van der Waals surface area contributed by atoms with Crippen LogP contribution in [0.1, 0.15) is 39.5 Å². The molecule has 6 atom stereocenters. The Labute approximate surface area is 135 Å². The number of carbonyl (C=O) groups excluding carboxylic acids is 1. The molecule has 5 rings (SSSR count). The van der Waals surface area contributed by atoms with Gasteiger partial charge in [0.15, 0.2) is 17.5 Å². The minimum Gasteiger partial charge on any atom is -0.454 e. The number of rotatable bonds is 1. The maximum atomic E-state index is 12.8. The molecule has 0 bridgehead atoms. The fourth-order valence-corrected chi connectivity index (χ4v) is 5.77. The summed E-state index contributed by atoms with van der Waals surface area (Å²) in [5.74, 6) is -0.354. The van der Waals surface area contributed by atoms with Crippen molar-refractivity contribution in [1.29, 1.82) is 0 Å². The monoisotopic (exact) mass is 324 g/mol. The zero-order valence-corrected chi connectivity index (χ0v) is 13.7. The van der Waals surface area contributed by atoms with E-state index < -0.39 is 23.1 Å². The smallest absolute Gasteiger partial charge is 0.342 e. The molecule has 128 valence electrons. The van der Waals surface area contributed by atoms with Crippen LogP contribution in [0.15, 0.2) is 0 Å². The number of ether oxygens (including phenoxy) is 5. The first-order valence-corrected chi connectivity index (χ1v) is 8.82. The van der Waals surface area contributed by atoms with Crippen LogP contribution in [-0.2, 0) is 28.5 Å². The summed E-state index contributed by atoms with van der Waals surface area (Å²) in [4.78, 5) is 12.8. The second-order valence-electron chi connectivity index (χ2n) is 7.92. The van der Waals surface area contributed by atoms with Gasteiger partial charge < -0.3 is 23.7 Å². The Hall–Kier alpha value is -0.690. The van der Waals surface area contributed by atoms with Crippen LogP contribution in [0.5, 0.6) is 0 Å². The van der Waals surface area contributed by atoms with Crippen molar-refractivity contribution in [2.75, 3.05) is 19.8 Å². The van der Waals surface area contributed by atoms with Crippen LogP contribution in [0, 0.1) is 11.8 Å². The first-order valence-electron chi connectivity index (χ1n) is 8.82. The standard InChI is InChI=1S/C17H24O6/c1-15(2)21-9-12(23-15)13-16-10(5-3-7-19-16)11-6-4-8-20-17(11,16)14(18)22-13/h10-13H,3-9H2,1-2H3/t10-,11+,12+,13-,16+,17-/m1/s1. The fraction of sp³-hybridized carbons (Fsp3) is 0.941. The molecule has 0 aromatic heterocycles. The molecule has 0 radical (unpaired) electrons. The Morgan fingerprint density at radius 3 is 2.48 bits per heavy atom. The molecule has 1 saturated carbocycles. The number of carbonyl (C=O) groups is 1. The van der Waals surface area contributed by atoms with Gasteiger partial charge in [-0.25, -0.2) is 4.79 Å². The van der Waals surface area contributed by atoms with E-state index in [1.165, 1.54) is 0 Å². The number of cyclic esters (lactones) is 1. The second kappa shape index (κ2) is 4.48. The predicted molar refractivity (Wildman–Crippen MR) is 77.6 cm³/mol. The summed E-state index contributed by atoms with van der Waals surface area (Å²) >= 11 is 0. The van der Waals surface area contributed by atoms with Gasteiger partial charge in [0.2, 0.25) is 5.60 Å². The highest BCUT2D eigenvalue weighted by Gasteiger charge is 2.87. The maximum absolute atomic E-state index is 12.8. The van der Waals surface area contributed by atoms with Crippen LogP contribution >= 0.6 is 0 Å². The zero-order valence-electron chi connectivity index (χ0n) is 13.7. The van der Waals surface area contributed by atoms with E-state index in [1.807, 2.05) is 13.8 Å². The second-order valence-corrected chi connectivity index (χ2v) is 7.92. The SMILES string of the molecule is CC1(C)OC[C@@H]([C@H]2OC(=O)[C@]34OCCC[C@H]3[C@H]3CCCO[C@@]324)O1. The van der Waals surface area contributed by atoms with Gasteiger partial charge in [-0.15, -0.1) is 0 Å². The molecule has 4 heterocycles. The summed E-state index contributed by atoms with van der Waals surface area (Å²) in [6.07, 6.45) is 3.41. The summed E-state index contributed by atoms with van der Waals surface area (Å²) in [6, 6.07) is 0. The van der Waals surface area contributed by atoms with Crippen molar-refractivity contribution < 1.29 is 28.5 Å². The topological polar surface area (TPSA) is 63.2 Å². The molecule has 0 aromatic rings. The highest BCUT2D eigenvalue weighted by Crippen LogP contribution is 2.68. The van der Waals surface area contributed by atoms with Gasteiger partial charge in [0.25, 0.3) is 0 Å². The van der Waals surface area contributed by atoms with Crippen LogP contribution in [0.4, 0.5) is 0 Å². The molecule has 4 aliphatic heterocycles. The Balaban J connectivity index is 1.55. The van der Waals surface area contributed by atoms with Crippen LogP contribution in [-0.4, -0.2) is 55.0 Å². The van der Waals surface area contributed by atoms with Gasteiger partial charge in [-0.05, 0) is 39.5 Å². The van der Waals surface area contributed by atoms with Gasteiger partial charge in [-0.1, -0.05) is 0 Å². The lowest BCUT2D eigenvalue weighted by Crippen LogP contribution is -2.82. The number of esters is 1. The average Bonchev–Trinajstić information content (AvgIpc) is 2.95. The summed E-state index contributed by atoms with van der Waals surface area (Å²) < 4.78 is 30.0. The minimum absolute atomic E-state index is 0.226. The molecule has 2 spiro atoms. The molecule has 4 saturated heterocycles. The third-order valence-corrected chi connectivity index (χ3v) is 6.46. The molecule has 6 heteroatoms. The number of hydrogen-bond donors (Lipinski definition) is 0. The molecule has 0 N–H and O–H groups in total. The van der Waals surface area contributed by atoms with Crippen LogP contribution in [0.2, 0.25) is 0 Å². The third-order valence-electron chi connectivity index (χ3n) is 6.46. The lowest BCUT2D eigenvalue weighted by atomic mass is 9.45. The molecule has 0 amide bonds. The van der Waals surface area contributed by atoms with Gasteiger partial charge in [-0.3, -0.25) is 0 Å². The number of fused-ring (bicyclic) bond motifs is 1. The summed E-state index contributed by atoms with van der Waals surface area (Å²) in [5.41, 5.74) is -1.58. The van der Waals surface area contributed by atoms with E-state index in [2.05, 4.69) is 0 Å². The lowest BCUT2D eigenvalue weighted by molar-refractivity contribution is -0.350. The predicted octanol–water partition coefficient (Wildman–Crippen LogP) is 1.41. The molecule has 6 nitrogen and oxygen atoms in total. The molecule has 0 aromatic carbocycles. The molecule has 1 aliphatic carbocycles. The normalized spacial score (nSPS) is 53.7. The van der Waals surface area contributed by atoms with Crippen molar-refractivity contribution in [2.45, 2.75) is 68.7 Å². The first kappa shape index (κ1) is 14.6. The minimum atomic E-state index is -0.906. The Morgan fingerprint density at radius 2 is 1.74 bits per heavy atom. The van der Waals surface area contributed by atoms with Gasteiger partial charge in [-0.2, -0.15) is 0 Å². The maximum Gasteiger partial charge on any atom is 0.342 e. The van der Waals surface area contributed by atoms with Gasteiger partial charge in [0.05, 0.1) is 6.61 Å². The summed E-state index contributed by atoms with van der Waals surface area (Å²) in [7, 11) is 0. The molecule has 5 aliphatic rings. The van der Waals surface area contributed by atoms with E-state index in [-0.39, 0.29) is 18.0 Å². The van der Waals surface area contributed by atoms with E-state index in [0.29, 0.717) is 25.7 Å². The first-order chi connectivity index (χ1) is 11.0. The average molecular weight is 324 g/mol. The van der Waals surface area contributed by atoms with E-state index in [9.17, 15) is 4.79 Å². The summed E-state index contributed by atoms with van der Waals surface area (Å²) in [5, 5.41) is 0. The van der Waals surface area contributed by atoms with Crippen molar-refractivity contribution in [3.8, 4) is 0 Å². The van der Waals surface area contributed by atoms with Crippen LogP contribution in [0.25, 0.3) is 0 Å². The van der Waals surface area contributed by atoms with Crippen molar-refractivity contribution in [3.63, 3.8) is 0 Å². The lowest BCUT2D eigenvalue weighted by Gasteiger charge is -2.66. The van der Waals surface area contributed by atoms with Gasteiger partial charge in [0, 0.05) is 25.0 Å². The van der Waals surface area contributed by atoms with E-state index in [0.717, 1.165) is 25.7 Å². The highest BCUT2D eigenvalue weighted by molar-refractivity contribution is 5.88. The van der Waals surface area contributed by atoms with Crippen LogP contribution in [0.3, 0.4) is 0 Å². The third kappa shape index (κ3) is 1.56. The molecule has 0 unspecified atom stereocenters. The van der Waals surface area contributed by atoms with Crippen molar-refractivity contribution in [2.24, 2.45) is 11.8 Å². The molecular formula is C17H24O6. The van der Waals surface area contributed by atoms with E-state index >= 15 is 0 Å². The van der Waals surface area contributed by atoms with Crippen molar-refractivity contribution in [3.05, 3.63) is 0 Å². The largest absolute Gasteiger partial charge is 0.454 e. The van der Waals surface area contributed by atoms with E-state index in [4.69, 9.17) is 23.7 Å². The molecule has 23 heavy (non-hydrogen) atoms. The van der Waals surface area contributed by atoms with E-state index in [1.54, 1.807) is 0 Å². The highest BCUT2D eigenvalue weighted by atomic mass is 16.8.